The molecule has 3 N–H and O–H groups in total. The lowest BCUT2D eigenvalue weighted by Crippen LogP contribution is -2.27. The maximum Gasteiger partial charge on any atom is 0.416 e. The lowest BCUT2D eigenvalue weighted by atomic mass is 10.1. The normalized spacial score (nSPS) is 11.1. The number of benzene rings is 2. The summed E-state index contributed by atoms with van der Waals surface area (Å²) in [5.74, 6) is -0.0203. The molecule has 0 saturated heterocycles. The van der Waals surface area contributed by atoms with Gasteiger partial charge in [-0.15, -0.1) is 0 Å². The number of phenols is 1. The van der Waals surface area contributed by atoms with Gasteiger partial charge in [-0.1, -0.05) is 23.7 Å². The third-order valence-electron chi connectivity index (χ3n) is 2.94. The Morgan fingerprint density at radius 2 is 1.78 bits per heavy atom. The summed E-state index contributed by atoms with van der Waals surface area (Å²) < 4.78 is 37.4. The lowest BCUT2D eigenvalue weighted by Gasteiger charge is -2.12. The number of nitrogens with one attached hydrogen (secondary N) is 2. The van der Waals surface area contributed by atoms with Gasteiger partial charge in [-0.25, -0.2) is 0 Å². The minimum Gasteiger partial charge on any atom is -0.506 e. The molecule has 0 saturated carbocycles. The summed E-state index contributed by atoms with van der Waals surface area (Å²) in [6.07, 6.45) is -4.35. The maximum absolute atomic E-state index is 12.5. The monoisotopic (exact) mass is 360 g/mol. The number of thiocarbonyl (C=S) groups is 1. The molecule has 2 aromatic rings. The molecule has 0 heterocycles. The molecule has 3 nitrogen and oxygen atoms in total. The third-order valence-corrected chi connectivity index (χ3v) is 3.42. The van der Waals surface area contributed by atoms with Crippen LogP contribution in [-0.4, -0.2) is 10.2 Å². The van der Waals surface area contributed by atoms with Crippen LogP contribution in [0.25, 0.3) is 0 Å². The second kappa shape index (κ2) is 7.06. The predicted octanol–water partition coefficient (Wildman–Crippen LogP) is 4.55. The number of hydrogen-bond acceptors (Lipinski definition) is 2. The van der Waals surface area contributed by atoms with Crippen molar-refractivity contribution in [2.75, 3.05) is 5.32 Å². The second-order valence-corrected chi connectivity index (χ2v) is 5.51. The highest BCUT2D eigenvalue weighted by Crippen LogP contribution is 2.29. The van der Waals surface area contributed by atoms with Crippen LogP contribution in [0.5, 0.6) is 5.75 Å². The van der Waals surface area contributed by atoms with Crippen molar-refractivity contribution in [3.05, 3.63) is 58.6 Å². The van der Waals surface area contributed by atoms with Crippen molar-refractivity contribution in [1.29, 1.82) is 0 Å². The van der Waals surface area contributed by atoms with Crippen molar-refractivity contribution in [2.24, 2.45) is 0 Å². The van der Waals surface area contributed by atoms with E-state index >= 15 is 0 Å². The molecule has 23 heavy (non-hydrogen) atoms. The van der Waals surface area contributed by atoms with Crippen LogP contribution in [0.1, 0.15) is 11.1 Å². The number of phenolic OH excluding ortho intramolecular Hbond substituents is 1. The number of hydrogen-bond donors (Lipinski definition) is 3. The van der Waals surface area contributed by atoms with Gasteiger partial charge in [-0.2, -0.15) is 13.2 Å². The average Bonchev–Trinajstić information content (AvgIpc) is 2.48. The van der Waals surface area contributed by atoms with E-state index in [1.54, 1.807) is 0 Å². The maximum atomic E-state index is 12.5. The summed E-state index contributed by atoms with van der Waals surface area (Å²) >= 11 is 10.9. The van der Waals surface area contributed by atoms with Crippen LogP contribution in [0.2, 0.25) is 5.02 Å². The van der Waals surface area contributed by atoms with Crippen molar-refractivity contribution >= 4 is 34.6 Å². The molecule has 0 amide bonds. The zero-order valence-corrected chi connectivity index (χ0v) is 13.2. The van der Waals surface area contributed by atoms with Crippen molar-refractivity contribution in [1.82, 2.24) is 5.32 Å². The molecule has 0 bridgehead atoms. The van der Waals surface area contributed by atoms with Crippen LogP contribution in [0.3, 0.4) is 0 Å². The number of alkyl halides is 3. The lowest BCUT2D eigenvalue weighted by molar-refractivity contribution is -0.137. The standard InChI is InChI=1S/C15H12ClF3N2OS/c16-11-5-6-13(22)12(7-11)21-14(23)20-8-9-1-3-10(4-2-9)15(17,18)19/h1-7,22H,8H2,(H2,20,21,23). The number of anilines is 1. The van der Waals surface area contributed by atoms with Crippen molar-refractivity contribution in [3.8, 4) is 5.75 Å². The fraction of sp³-hybridized carbons (Fsp3) is 0.133. The van der Waals surface area contributed by atoms with Gasteiger partial charge in [-0.3, -0.25) is 0 Å². The fourth-order valence-corrected chi connectivity index (χ4v) is 2.12. The van der Waals surface area contributed by atoms with Gasteiger partial charge >= 0.3 is 6.18 Å². The van der Waals surface area contributed by atoms with Gasteiger partial charge in [-0.05, 0) is 48.1 Å². The van der Waals surface area contributed by atoms with Gasteiger partial charge < -0.3 is 15.7 Å². The van der Waals surface area contributed by atoms with E-state index in [9.17, 15) is 18.3 Å². The molecule has 122 valence electrons. The predicted molar refractivity (Wildman–Crippen MR) is 87.6 cm³/mol. The number of halogens is 4. The Bertz CT molecular complexity index is 705. The van der Waals surface area contributed by atoms with Crippen LogP contribution >= 0.6 is 23.8 Å². The zero-order chi connectivity index (χ0) is 17.0. The smallest absolute Gasteiger partial charge is 0.416 e. The highest BCUT2D eigenvalue weighted by molar-refractivity contribution is 7.80. The Labute approximate surface area is 141 Å². The summed E-state index contributed by atoms with van der Waals surface area (Å²) in [6, 6.07) is 9.21. The molecule has 0 spiro atoms. The second-order valence-electron chi connectivity index (χ2n) is 4.66. The van der Waals surface area contributed by atoms with E-state index in [2.05, 4.69) is 10.6 Å². The van der Waals surface area contributed by atoms with E-state index in [4.69, 9.17) is 23.8 Å². The van der Waals surface area contributed by atoms with Gasteiger partial charge in [0.15, 0.2) is 5.11 Å². The van der Waals surface area contributed by atoms with E-state index < -0.39 is 11.7 Å². The molecule has 0 unspecified atom stereocenters. The molecular formula is C15H12ClF3N2OS. The molecule has 2 aromatic carbocycles. The highest BCUT2D eigenvalue weighted by atomic mass is 35.5. The minimum atomic E-state index is -4.35. The highest BCUT2D eigenvalue weighted by Gasteiger charge is 2.29. The van der Waals surface area contributed by atoms with E-state index in [1.165, 1.54) is 30.3 Å². The van der Waals surface area contributed by atoms with E-state index in [1.807, 2.05) is 0 Å². The Balaban J connectivity index is 1.93. The van der Waals surface area contributed by atoms with Crippen LogP contribution in [0, 0.1) is 0 Å². The van der Waals surface area contributed by atoms with E-state index in [0.717, 1.165) is 12.1 Å². The zero-order valence-electron chi connectivity index (χ0n) is 11.6. The van der Waals surface area contributed by atoms with Crippen molar-refractivity contribution < 1.29 is 18.3 Å². The molecule has 0 fully saturated rings. The summed E-state index contributed by atoms with van der Waals surface area (Å²) in [4.78, 5) is 0. The summed E-state index contributed by atoms with van der Waals surface area (Å²) in [6.45, 7) is 0.241. The van der Waals surface area contributed by atoms with Crippen LogP contribution < -0.4 is 10.6 Å². The first kappa shape index (κ1) is 17.4. The molecule has 0 atom stereocenters. The molecule has 2 rings (SSSR count). The topological polar surface area (TPSA) is 44.3 Å². The van der Waals surface area contributed by atoms with E-state index in [-0.39, 0.29) is 17.4 Å². The van der Waals surface area contributed by atoms with Gasteiger partial charge in [0.1, 0.15) is 5.75 Å². The molecule has 0 radical (unpaired) electrons. The van der Waals surface area contributed by atoms with Crippen molar-refractivity contribution in [3.63, 3.8) is 0 Å². The van der Waals surface area contributed by atoms with Crippen molar-refractivity contribution in [2.45, 2.75) is 12.7 Å². The number of aromatic hydroxyl groups is 1. The minimum absolute atomic E-state index is 0.0203. The van der Waals surface area contributed by atoms with E-state index in [0.29, 0.717) is 16.3 Å². The average molecular weight is 361 g/mol. The summed E-state index contributed by atoms with van der Waals surface area (Å²) in [5.41, 5.74) is 0.269. The quantitative estimate of drug-likeness (QED) is 0.555. The number of rotatable bonds is 3. The molecule has 8 heteroatoms. The Hall–Kier alpha value is -1.99. The SMILES string of the molecule is Oc1ccc(Cl)cc1NC(=S)NCc1ccc(C(F)(F)F)cc1. The fourth-order valence-electron chi connectivity index (χ4n) is 1.77. The molecule has 0 aliphatic heterocycles. The summed E-state index contributed by atoms with van der Waals surface area (Å²) in [7, 11) is 0. The van der Waals surface area contributed by atoms with Gasteiger partial charge in [0.25, 0.3) is 0 Å². The molecule has 0 aliphatic carbocycles. The van der Waals surface area contributed by atoms with Gasteiger partial charge in [0.2, 0.25) is 0 Å². The summed E-state index contributed by atoms with van der Waals surface area (Å²) in [5, 5.41) is 15.9. The van der Waals surface area contributed by atoms with Crippen LogP contribution in [0.4, 0.5) is 18.9 Å². The Morgan fingerprint density at radius 3 is 2.39 bits per heavy atom. The first-order valence-corrected chi connectivity index (χ1v) is 7.24. The van der Waals surface area contributed by atoms with Crippen LogP contribution in [-0.2, 0) is 12.7 Å². The Morgan fingerprint density at radius 1 is 1.13 bits per heavy atom. The van der Waals surface area contributed by atoms with Gasteiger partial charge in [0, 0.05) is 11.6 Å². The third kappa shape index (κ3) is 5.01. The Kier molecular flexibility index (Phi) is 5.33. The van der Waals surface area contributed by atoms with Crippen LogP contribution in [0.15, 0.2) is 42.5 Å². The van der Waals surface area contributed by atoms with Gasteiger partial charge in [0.05, 0.1) is 11.3 Å². The largest absolute Gasteiger partial charge is 0.506 e. The first-order valence-electron chi connectivity index (χ1n) is 6.45. The molecular weight excluding hydrogens is 349 g/mol. The molecule has 0 aromatic heterocycles. The molecule has 0 aliphatic rings. The first-order chi connectivity index (χ1) is 10.8.